The van der Waals surface area contributed by atoms with Crippen LogP contribution in [-0.2, 0) is 19.1 Å². The van der Waals surface area contributed by atoms with E-state index in [0.29, 0.717) is 19.4 Å². The molecule has 0 aliphatic heterocycles. The van der Waals surface area contributed by atoms with E-state index in [9.17, 15) is 19.8 Å². The van der Waals surface area contributed by atoms with Gasteiger partial charge >= 0.3 is 11.9 Å². The first-order valence-corrected chi connectivity index (χ1v) is 25.3. The Kier molecular flexibility index (Phi) is 43.5. The highest BCUT2D eigenvalue weighted by Crippen LogP contribution is 2.19. The van der Waals surface area contributed by atoms with Crippen molar-refractivity contribution in [2.45, 2.75) is 284 Å². The highest BCUT2D eigenvalue weighted by atomic mass is 16.5. The third-order valence-electron chi connectivity index (χ3n) is 11.7. The van der Waals surface area contributed by atoms with E-state index in [1.54, 1.807) is 0 Å². The monoisotopic (exact) mass is 810 g/mol. The number of carbonyl (C=O) groups is 2. The summed E-state index contributed by atoms with van der Waals surface area (Å²) in [5.74, 6) is -0.0560. The molecule has 0 saturated carbocycles. The topological polar surface area (TPSA) is 96.3 Å². The Morgan fingerprint density at radius 2 is 0.772 bits per heavy atom. The normalized spacial score (nSPS) is 12.8. The molecule has 0 spiro atoms. The minimum Gasteiger partial charge on any atom is -0.462 e. The molecule has 7 nitrogen and oxygen atoms in total. The molecule has 2 N–H and O–H groups in total. The lowest BCUT2D eigenvalue weighted by Gasteiger charge is -2.25. The number of unbranched alkanes of at least 4 members (excludes halogenated alkanes) is 23. The fraction of sp³-hybridized carbons (Fsp3) is 0.960. The van der Waals surface area contributed by atoms with Gasteiger partial charge in [0.2, 0.25) is 0 Å². The molecule has 0 aromatic carbocycles. The van der Waals surface area contributed by atoms with Gasteiger partial charge in [-0.15, -0.1) is 0 Å². The van der Waals surface area contributed by atoms with Crippen molar-refractivity contribution in [3.8, 4) is 0 Å². The summed E-state index contributed by atoms with van der Waals surface area (Å²) < 4.78 is 11.9. The summed E-state index contributed by atoms with van der Waals surface area (Å²) >= 11 is 0. The molecule has 0 heterocycles. The van der Waals surface area contributed by atoms with Gasteiger partial charge in [0, 0.05) is 26.0 Å². The Morgan fingerprint density at radius 3 is 1.21 bits per heavy atom. The number of nitrogens with zero attached hydrogens (tertiary/aromatic N) is 1. The highest BCUT2D eigenvalue weighted by Gasteiger charge is 2.16. The van der Waals surface area contributed by atoms with Gasteiger partial charge in [-0.05, 0) is 103 Å². The predicted octanol–water partition coefficient (Wildman–Crippen LogP) is 14.0. The van der Waals surface area contributed by atoms with Crippen LogP contribution in [0.1, 0.15) is 265 Å². The summed E-state index contributed by atoms with van der Waals surface area (Å²) in [7, 11) is 0. The van der Waals surface area contributed by atoms with Crippen LogP contribution in [0, 0.1) is 0 Å². The second kappa shape index (κ2) is 44.4. The molecule has 57 heavy (non-hydrogen) atoms. The minimum atomic E-state index is -0.363. The maximum atomic E-state index is 12.8. The zero-order chi connectivity index (χ0) is 41.9. The molecule has 0 aliphatic rings. The second-order valence-electron chi connectivity index (χ2n) is 17.5. The molecular formula is C50H99NO6. The third kappa shape index (κ3) is 40.0. The smallest absolute Gasteiger partial charge is 0.306 e. The van der Waals surface area contributed by atoms with Gasteiger partial charge in [-0.2, -0.15) is 0 Å². The summed E-state index contributed by atoms with van der Waals surface area (Å²) in [4.78, 5) is 27.8. The number of hydrogen-bond acceptors (Lipinski definition) is 7. The van der Waals surface area contributed by atoms with Crippen molar-refractivity contribution in [2.75, 3.05) is 26.2 Å². The van der Waals surface area contributed by atoms with Gasteiger partial charge in [0.05, 0.1) is 6.10 Å². The van der Waals surface area contributed by atoms with E-state index >= 15 is 0 Å². The van der Waals surface area contributed by atoms with Crippen molar-refractivity contribution in [1.82, 2.24) is 4.90 Å². The van der Waals surface area contributed by atoms with Gasteiger partial charge in [-0.3, -0.25) is 9.59 Å². The van der Waals surface area contributed by atoms with Gasteiger partial charge in [-0.1, -0.05) is 163 Å². The SMILES string of the molecule is CCCCCCCCC(CCC)OC(=O)CCCCCC(O)CN(CCCCCO)CCCCCCCC(=O)OC(CCCCCCCC)CCCCCCCC. The van der Waals surface area contributed by atoms with Crippen molar-refractivity contribution < 1.29 is 29.3 Å². The first kappa shape index (κ1) is 55.8. The first-order chi connectivity index (χ1) is 27.9. The van der Waals surface area contributed by atoms with E-state index in [1.807, 2.05) is 0 Å². The average molecular weight is 810 g/mol. The molecule has 0 radical (unpaired) electrons. The predicted molar refractivity (Wildman–Crippen MR) is 243 cm³/mol. The molecule has 2 atom stereocenters. The lowest BCUT2D eigenvalue weighted by Crippen LogP contribution is -2.34. The van der Waals surface area contributed by atoms with Gasteiger partial charge in [0.15, 0.2) is 0 Å². The van der Waals surface area contributed by atoms with Crippen LogP contribution in [0.25, 0.3) is 0 Å². The van der Waals surface area contributed by atoms with Crippen molar-refractivity contribution in [3.63, 3.8) is 0 Å². The van der Waals surface area contributed by atoms with Crippen molar-refractivity contribution in [3.05, 3.63) is 0 Å². The molecule has 340 valence electrons. The summed E-state index contributed by atoms with van der Waals surface area (Å²) in [5.41, 5.74) is 0. The Labute approximate surface area is 355 Å². The highest BCUT2D eigenvalue weighted by molar-refractivity contribution is 5.69. The summed E-state index contributed by atoms with van der Waals surface area (Å²) in [6.45, 7) is 11.8. The molecule has 0 aliphatic carbocycles. The number of rotatable bonds is 46. The Hall–Kier alpha value is -1.18. The number of carbonyl (C=O) groups excluding carboxylic acids is 2. The Balaban J connectivity index is 4.42. The molecule has 0 amide bonds. The van der Waals surface area contributed by atoms with Crippen LogP contribution in [0.5, 0.6) is 0 Å². The van der Waals surface area contributed by atoms with E-state index in [1.165, 1.54) is 109 Å². The molecule has 7 heteroatoms. The maximum Gasteiger partial charge on any atom is 0.306 e. The first-order valence-electron chi connectivity index (χ1n) is 25.3. The summed E-state index contributed by atoms with van der Waals surface area (Å²) in [6, 6.07) is 0. The van der Waals surface area contributed by atoms with Crippen molar-refractivity contribution in [1.29, 1.82) is 0 Å². The van der Waals surface area contributed by atoms with Crippen molar-refractivity contribution >= 4 is 11.9 Å². The van der Waals surface area contributed by atoms with Crippen molar-refractivity contribution in [2.24, 2.45) is 0 Å². The number of aliphatic hydroxyl groups excluding tert-OH is 2. The lowest BCUT2D eigenvalue weighted by atomic mass is 10.0. The zero-order valence-electron chi connectivity index (χ0n) is 38.7. The van der Waals surface area contributed by atoms with Gasteiger partial charge in [-0.25, -0.2) is 0 Å². The fourth-order valence-electron chi connectivity index (χ4n) is 8.06. The molecule has 0 aromatic rings. The summed E-state index contributed by atoms with van der Waals surface area (Å²) in [5, 5.41) is 20.1. The molecule has 0 saturated heterocycles. The van der Waals surface area contributed by atoms with Gasteiger partial charge in [0.1, 0.15) is 12.2 Å². The van der Waals surface area contributed by atoms with E-state index in [0.717, 1.165) is 129 Å². The third-order valence-corrected chi connectivity index (χ3v) is 11.7. The van der Waals surface area contributed by atoms with E-state index in [-0.39, 0.29) is 36.9 Å². The maximum absolute atomic E-state index is 12.8. The second-order valence-corrected chi connectivity index (χ2v) is 17.5. The Bertz CT molecular complexity index is 824. The van der Waals surface area contributed by atoms with E-state index in [4.69, 9.17) is 9.47 Å². The standard InChI is InChI=1S/C50H99NO6/c1-5-9-12-15-19-27-37-47(35-8-4)56-49(54)41-31-24-26-36-46(53)45-51(43-33-25-34-44-52)42-32-23-18-22-30-40-50(55)57-48(38-28-20-16-13-10-6-2)39-29-21-17-14-11-7-3/h46-48,52-53H,5-45H2,1-4H3. The van der Waals surface area contributed by atoms with Crippen LogP contribution in [-0.4, -0.2) is 71.6 Å². The largest absolute Gasteiger partial charge is 0.462 e. The lowest BCUT2D eigenvalue weighted by molar-refractivity contribution is -0.151. The van der Waals surface area contributed by atoms with Crippen LogP contribution >= 0.6 is 0 Å². The quantitative estimate of drug-likeness (QED) is 0.0467. The minimum absolute atomic E-state index is 0.000596. The van der Waals surface area contributed by atoms with E-state index < -0.39 is 0 Å². The number of hydrogen-bond donors (Lipinski definition) is 2. The molecule has 0 aromatic heterocycles. The van der Waals surface area contributed by atoms with Crippen LogP contribution in [0.3, 0.4) is 0 Å². The van der Waals surface area contributed by atoms with Gasteiger partial charge < -0.3 is 24.6 Å². The molecule has 0 fully saturated rings. The zero-order valence-corrected chi connectivity index (χ0v) is 38.7. The number of ether oxygens (including phenoxy) is 2. The Morgan fingerprint density at radius 1 is 0.421 bits per heavy atom. The fourth-order valence-corrected chi connectivity index (χ4v) is 8.06. The molecule has 2 unspecified atom stereocenters. The van der Waals surface area contributed by atoms with Crippen LogP contribution < -0.4 is 0 Å². The molecular weight excluding hydrogens is 711 g/mol. The van der Waals surface area contributed by atoms with Gasteiger partial charge in [0.25, 0.3) is 0 Å². The number of esters is 2. The summed E-state index contributed by atoms with van der Waals surface area (Å²) in [6.07, 6.45) is 40.3. The van der Waals surface area contributed by atoms with Crippen LogP contribution in [0.15, 0.2) is 0 Å². The average Bonchev–Trinajstić information content (AvgIpc) is 3.19. The number of aliphatic hydroxyl groups is 2. The molecule has 0 bridgehead atoms. The van der Waals surface area contributed by atoms with Crippen LogP contribution in [0.2, 0.25) is 0 Å². The van der Waals surface area contributed by atoms with E-state index in [2.05, 4.69) is 32.6 Å². The van der Waals surface area contributed by atoms with Crippen LogP contribution in [0.4, 0.5) is 0 Å². The molecule has 0 rings (SSSR count).